The molecular formula is C29H39N3. The molecule has 2 aromatic heterocycles. The first-order chi connectivity index (χ1) is 15.8. The van der Waals surface area contributed by atoms with E-state index in [9.17, 15) is 0 Å². The number of aryl methyl sites for hydroxylation is 2. The largest absolute Gasteiger partial charge is 0.256 e. The molecule has 32 heavy (non-hydrogen) atoms. The second-order valence-electron chi connectivity index (χ2n) is 8.87. The minimum atomic E-state index is 0.790. The van der Waals surface area contributed by atoms with Crippen LogP contribution in [-0.2, 0) is 12.8 Å². The normalized spacial score (nSPS) is 11.1. The van der Waals surface area contributed by atoms with Gasteiger partial charge in [0, 0.05) is 29.7 Å². The Labute approximate surface area is 194 Å². The van der Waals surface area contributed by atoms with Gasteiger partial charge in [-0.2, -0.15) is 0 Å². The molecule has 170 valence electrons. The Morgan fingerprint density at radius 3 is 1.66 bits per heavy atom. The Morgan fingerprint density at radius 1 is 0.500 bits per heavy atom. The monoisotopic (exact) mass is 429 g/mol. The van der Waals surface area contributed by atoms with E-state index in [4.69, 9.17) is 0 Å². The molecule has 3 rings (SSSR count). The average Bonchev–Trinajstić information content (AvgIpc) is 2.85. The highest BCUT2D eigenvalue weighted by molar-refractivity contribution is 5.65. The van der Waals surface area contributed by atoms with Gasteiger partial charge in [-0.15, -0.1) is 0 Å². The fourth-order valence-corrected chi connectivity index (χ4v) is 4.03. The number of pyridine rings is 1. The van der Waals surface area contributed by atoms with Gasteiger partial charge < -0.3 is 0 Å². The third-order valence-corrected chi connectivity index (χ3v) is 6.11. The second-order valence-corrected chi connectivity index (χ2v) is 8.87. The van der Waals surface area contributed by atoms with Crippen molar-refractivity contribution in [3.63, 3.8) is 0 Å². The summed E-state index contributed by atoms with van der Waals surface area (Å²) in [5, 5.41) is 0. The summed E-state index contributed by atoms with van der Waals surface area (Å²) in [7, 11) is 0. The van der Waals surface area contributed by atoms with Crippen LogP contribution >= 0.6 is 0 Å². The maximum Gasteiger partial charge on any atom is 0.159 e. The second kappa shape index (κ2) is 13.8. The molecule has 0 N–H and O–H groups in total. The molecule has 1 aromatic carbocycles. The first-order valence-corrected chi connectivity index (χ1v) is 12.7. The van der Waals surface area contributed by atoms with E-state index in [1.807, 2.05) is 18.6 Å². The molecule has 0 aliphatic rings. The molecule has 0 saturated carbocycles. The smallest absolute Gasteiger partial charge is 0.159 e. The van der Waals surface area contributed by atoms with Gasteiger partial charge in [-0.05, 0) is 42.9 Å². The van der Waals surface area contributed by atoms with Gasteiger partial charge in [-0.3, -0.25) is 4.98 Å². The highest BCUT2D eigenvalue weighted by Gasteiger charge is 2.05. The maximum absolute atomic E-state index is 4.68. The molecule has 0 bridgehead atoms. The molecule has 3 heteroatoms. The molecule has 0 aliphatic heterocycles. The zero-order valence-corrected chi connectivity index (χ0v) is 20.0. The summed E-state index contributed by atoms with van der Waals surface area (Å²) in [6.45, 7) is 4.51. The van der Waals surface area contributed by atoms with Crippen molar-refractivity contribution in [3.8, 4) is 22.6 Å². The lowest BCUT2D eigenvalue weighted by molar-refractivity contribution is 0.607. The van der Waals surface area contributed by atoms with E-state index in [2.05, 4.69) is 65.2 Å². The third-order valence-electron chi connectivity index (χ3n) is 6.11. The van der Waals surface area contributed by atoms with Gasteiger partial charge in [0.1, 0.15) is 0 Å². The lowest BCUT2D eigenvalue weighted by atomic mass is 10.0. The summed E-state index contributed by atoms with van der Waals surface area (Å²) < 4.78 is 0. The first kappa shape index (κ1) is 24.1. The number of hydrogen-bond acceptors (Lipinski definition) is 3. The van der Waals surface area contributed by atoms with Gasteiger partial charge in [0.25, 0.3) is 0 Å². The van der Waals surface area contributed by atoms with Crippen LogP contribution in [0.4, 0.5) is 0 Å². The van der Waals surface area contributed by atoms with Gasteiger partial charge in [0.05, 0.1) is 5.69 Å². The lowest BCUT2D eigenvalue weighted by Crippen LogP contribution is -1.94. The van der Waals surface area contributed by atoms with Crippen molar-refractivity contribution in [3.05, 3.63) is 66.1 Å². The molecule has 0 atom stereocenters. The lowest BCUT2D eigenvalue weighted by Gasteiger charge is -2.06. The number of unbranched alkanes of at least 4 members (excludes halogenated alkanes) is 8. The maximum atomic E-state index is 4.68. The van der Waals surface area contributed by atoms with Crippen molar-refractivity contribution < 1.29 is 0 Å². The van der Waals surface area contributed by atoms with Crippen LogP contribution in [0.1, 0.15) is 89.2 Å². The minimum absolute atomic E-state index is 0.790. The van der Waals surface area contributed by atoms with Crippen LogP contribution in [0.3, 0.4) is 0 Å². The fraction of sp³-hybridized carbons (Fsp3) is 0.483. The van der Waals surface area contributed by atoms with Crippen molar-refractivity contribution in [2.24, 2.45) is 0 Å². The Balaban J connectivity index is 1.50. The molecule has 0 saturated heterocycles. The summed E-state index contributed by atoms with van der Waals surface area (Å²) in [6.07, 6.45) is 21.3. The zero-order chi connectivity index (χ0) is 22.4. The van der Waals surface area contributed by atoms with Crippen LogP contribution in [0.2, 0.25) is 0 Å². The van der Waals surface area contributed by atoms with Gasteiger partial charge in [-0.25, -0.2) is 9.97 Å². The van der Waals surface area contributed by atoms with E-state index in [1.165, 1.54) is 75.3 Å². The number of nitrogens with zero attached hydrogens (tertiary/aromatic N) is 3. The van der Waals surface area contributed by atoms with Gasteiger partial charge in [0.15, 0.2) is 5.82 Å². The van der Waals surface area contributed by atoms with Gasteiger partial charge in [-0.1, -0.05) is 95.5 Å². The van der Waals surface area contributed by atoms with Crippen molar-refractivity contribution in [1.82, 2.24) is 15.0 Å². The Kier molecular flexibility index (Phi) is 10.4. The highest BCUT2D eigenvalue weighted by Crippen LogP contribution is 2.22. The SMILES string of the molecule is CCCCCCCCc1cnc(-c2ccc(-c3ccc(CCCCCC)cn3)cc2)nc1. The van der Waals surface area contributed by atoms with E-state index in [0.717, 1.165) is 35.5 Å². The first-order valence-electron chi connectivity index (χ1n) is 12.7. The quantitative estimate of drug-likeness (QED) is 0.242. The van der Waals surface area contributed by atoms with Crippen molar-refractivity contribution >= 4 is 0 Å². The van der Waals surface area contributed by atoms with E-state index in [1.54, 1.807) is 0 Å². The average molecular weight is 430 g/mol. The molecule has 0 radical (unpaired) electrons. The van der Waals surface area contributed by atoms with Crippen LogP contribution in [0, 0.1) is 0 Å². The van der Waals surface area contributed by atoms with Crippen LogP contribution < -0.4 is 0 Å². The molecule has 3 aromatic rings. The summed E-state index contributed by atoms with van der Waals surface area (Å²) in [5.74, 6) is 0.790. The van der Waals surface area contributed by atoms with Crippen molar-refractivity contribution in [1.29, 1.82) is 0 Å². The molecular weight excluding hydrogens is 390 g/mol. The van der Waals surface area contributed by atoms with E-state index in [-0.39, 0.29) is 0 Å². The zero-order valence-electron chi connectivity index (χ0n) is 20.0. The standard InChI is InChI=1S/C29H39N3/c1-3-5-7-9-10-12-14-25-22-31-29(32-23-25)27-18-16-26(17-19-27)28-20-15-24(21-30-28)13-11-8-6-4-2/h15-23H,3-14H2,1-2H3. The number of rotatable bonds is 14. The summed E-state index contributed by atoms with van der Waals surface area (Å²) in [6, 6.07) is 12.8. The Morgan fingerprint density at radius 2 is 1.03 bits per heavy atom. The van der Waals surface area contributed by atoms with Crippen LogP contribution in [0.25, 0.3) is 22.6 Å². The Bertz CT molecular complexity index is 883. The predicted octanol–water partition coefficient (Wildman–Crippen LogP) is 8.23. The van der Waals surface area contributed by atoms with Crippen molar-refractivity contribution in [2.45, 2.75) is 90.9 Å². The molecule has 0 unspecified atom stereocenters. The highest BCUT2D eigenvalue weighted by atomic mass is 14.9. The molecule has 0 aliphatic carbocycles. The predicted molar refractivity (Wildman–Crippen MR) is 136 cm³/mol. The topological polar surface area (TPSA) is 38.7 Å². The van der Waals surface area contributed by atoms with Crippen LogP contribution in [0.15, 0.2) is 55.0 Å². The molecule has 0 fully saturated rings. The number of benzene rings is 1. The van der Waals surface area contributed by atoms with E-state index < -0.39 is 0 Å². The van der Waals surface area contributed by atoms with E-state index >= 15 is 0 Å². The third kappa shape index (κ3) is 7.85. The molecule has 3 nitrogen and oxygen atoms in total. The van der Waals surface area contributed by atoms with Crippen molar-refractivity contribution in [2.75, 3.05) is 0 Å². The van der Waals surface area contributed by atoms with E-state index in [0.29, 0.717) is 0 Å². The fourth-order valence-electron chi connectivity index (χ4n) is 4.03. The number of hydrogen-bond donors (Lipinski definition) is 0. The van der Waals surface area contributed by atoms with Crippen LogP contribution in [0.5, 0.6) is 0 Å². The molecule has 2 heterocycles. The summed E-state index contributed by atoms with van der Waals surface area (Å²) in [5.41, 5.74) is 5.76. The van der Waals surface area contributed by atoms with Gasteiger partial charge in [0.2, 0.25) is 0 Å². The van der Waals surface area contributed by atoms with Crippen LogP contribution in [-0.4, -0.2) is 15.0 Å². The summed E-state index contributed by atoms with van der Waals surface area (Å²) >= 11 is 0. The number of aromatic nitrogens is 3. The van der Waals surface area contributed by atoms with Gasteiger partial charge >= 0.3 is 0 Å². The summed E-state index contributed by atoms with van der Waals surface area (Å²) in [4.78, 5) is 13.9. The Hall–Kier alpha value is -2.55. The minimum Gasteiger partial charge on any atom is -0.256 e. The molecule has 0 spiro atoms. The molecule has 0 amide bonds.